The van der Waals surface area contributed by atoms with Crippen molar-refractivity contribution in [2.45, 2.75) is 44.7 Å². The summed E-state index contributed by atoms with van der Waals surface area (Å²) in [7, 11) is 1.48. The SMILES string of the molecule is COc1ccc2ncc(F)c(C(F)CCC3(CO)CCN(CCCc4cc(F)cc(F)c4F)CC3)c2c1. The number of likely N-dealkylation sites (tertiary alicyclic amines) is 1. The second kappa shape index (κ2) is 11.7. The van der Waals surface area contributed by atoms with Gasteiger partial charge in [-0.1, -0.05) is 0 Å². The third-order valence-corrected chi connectivity index (χ3v) is 7.55. The van der Waals surface area contributed by atoms with E-state index in [-0.39, 0.29) is 30.6 Å². The van der Waals surface area contributed by atoms with Crippen molar-refractivity contribution in [1.82, 2.24) is 9.88 Å². The van der Waals surface area contributed by atoms with Gasteiger partial charge in [-0.2, -0.15) is 0 Å². The summed E-state index contributed by atoms with van der Waals surface area (Å²) >= 11 is 0. The molecule has 1 aliphatic rings. The topological polar surface area (TPSA) is 45.6 Å². The van der Waals surface area contributed by atoms with Gasteiger partial charge in [-0.15, -0.1) is 0 Å². The number of nitrogens with zero attached hydrogens (tertiary/aromatic N) is 2. The number of halogens is 5. The first-order valence-corrected chi connectivity index (χ1v) is 12.5. The summed E-state index contributed by atoms with van der Waals surface area (Å²) in [6.45, 7) is 1.82. The van der Waals surface area contributed by atoms with Gasteiger partial charge in [0.25, 0.3) is 0 Å². The van der Waals surface area contributed by atoms with Crippen LogP contribution >= 0.6 is 0 Å². The van der Waals surface area contributed by atoms with Crippen LogP contribution in [0.1, 0.15) is 49.4 Å². The summed E-state index contributed by atoms with van der Waals surface area (Å²) in [5.74, 6) is -3.24. The first-order chi connectivity index (χ1) is 17.7. The van der Waals surface area contributed by atoms with Crippen molar-refractivity contribution in [3.8, 4) is 5.75 Å². The lowest BCUT2D eigenvalue weighted by molar-refractivity contribution is 0.0298. The first kappa shape index (κ1) is 27.3. The van der Waals surface area contributed by atoms with Crippen LogP contribution in [0.15, 0.2) is 36.5 Å². The quantitative estimate of drug-likeness (QED) is 0.251. The molecule has 2 heterocycles. The molecule has 1 unspecified atom stereocenters. The molecule has 1 fully saturated rings. The Bertz CT molecular complexity index is 1230. The normalized spacial score (nSPS) is 16.7. The summed E-state index contributed by atoms with van der Waals surface area (Å²) < 4.78 is 75.9. The van der Waals surface area contributed by atoms with Crippen molar-refractivity contribution in [1.29, 1.82) is 0 Å². The molecule has 1 aliphatic heterocycles. The summed E-state index contributed by atoms with van der Waals surface area (Å²) in [6.07, 6.45) is 1.90. The molecule has 0 amide bonds. The zero-order valence-electron chi connectivity index (χ0n) is 20.8. The molecular weight excluding hydrogens is 491 g/mol. The van der Waals surface area contributed by atoms with Crippen LogP contribution in [0.25, 0.3) is 10.9 Å². The molecular formula is C28H31F5N2O2. The minimum absolute atomic E-state index is 0.0155. The third-order valence-electron chi connectivity index (χ3n) is 7.55. The van der Waals surface area contributed by atoms with Gasteiger partial charge in [0.1, 0.15) is 23.6 Å². The molecule has 0 spiro atoms. The zero-order valence-corrected chi connectivity index (χ0v) is 20.8. The van der Waals surface area contributed by atoms with Gasteiger partial charge < -0.3 is 14.7 Å². The van der Waals surface area contributed by atoms with Crippen LogP contribution < -0.4 is 4.74 Å². The summed E-state index contributed by atoms with van der Waals surface area (Å²) in [6, 6.07) is 6.48. The van der Waals surface area contributed by atoms with Crippen LogP contribution in [0.3, 0.4) is 0 Å². The van der Waals surface area contributed by atoms with Crippen LogP contribution in [0.4, 0.5) is 22.0 Å². The molecule has 0 bridgehead atoms. The van der Waals surface area contributed by atoms with Gasteiger partial charge in [0.15, 0.2) is 11.6 Å². The van der Waals surface area contributed by atoms with Crippen LogP contribution in [0, 0.1) is 28.7 Å². The van der Waals surface area contributed by atoms with E-state index in [0.29, 0.717) is 68.0 Å². The fourth-order valence-electron chi connectivity index (χ4n) is 5.21. The summed E-state index contributed by atoms with van der Waals surface area (Å²) in [4.78, 5) is 6.19. The highest BCUT2D eigenvalue weighted by atomic mass is 19.2. The lowest BCUT2D eigenvalue weighted by atomic mass is 9.74. The number of aromatic nitrogens is 1. The van der Waals surface area contributed by atoms with Crippen molar-refractivity contribution in [3.63, 3.8) is 0 Å². The Balaban J connectivity index is 1.33. The Morgan fingerprint density at radius 1 is 1.08 bits per heavy atom. The number of methoxy groups -OCH3 is 1. The number of rotatable bonds is 10. The van der Waals surface area contributed by atoms with Gasteiger partial charge in [0.2, 0.25) is 0 Å². The highest BCUT2D eigenvalue weighted by Gasteiger charge is 2.35. The number of aryl methyl sites for hydroxylation is 1. The van der Waals surface area contributed by atoms with E-state index in [1.54, 1.807) is 18.2 Å². The zero-order chi connectivity index (χ0) is 26.6. The van der Waals surface area contributed by atoms with E-state index in [9.17, 15) is 22.7 Å². The molecule has 9 heteroatoms. The maximum atomic E-state index is 15.4. The number of alkyl halides is 1. The molecule has 1 aromatic heterocycles. The van der Waals surface area contributed by atoms with Crippen LogP contribution in [-0.2, 0) is 6.42 Å². The third kappa shape index (κ3) is 6.21. The molecule has 37 heavy (non-hydrogen) atoms. The van der Waals surface area contributed by atoms with E-state index in [4.69, 9.17) is 4.74 Å². The van der Waals surface area contributed by atoms with Crippen LogP contribution in [0.5, 0.6) is 5.75 Å². The van der Waals surface area contributed by atoms with E-state index < -0.39 is 34.9 Å². The van der Waals surface area contributed by atoms with Crippen molar-refractivity contribution < 1.29 is 31.8 Å². The second-order valence-electron chi connectivity index (χ2n) is 9.87. The number of aliphatic hydroxyl groups is 1. The molecule has 200 valence electrons. The van der Waals surface area contributed by atoms with Gasteiger partial charge in [-0.3, -0.25) is 4.98 Å². The molecule has 4 nitrogen and oxygen atoms in total. The summed E-state index contributed by atoms with van der Waals surface area (Å²) in [5.41, 5.74) is -0.0293. The number of aliphatic hydroxyl groups excluding tert-OH is 1. The maximum Gasteiger partial charge on any atom is 0.162 e. The fraction of sp³-hybridized carbons (Fsp3) is 0.464. The lowest BCUT2D eigenvalue weighted by Gasteiger charge is -2.41. The number of pyridine rings is 1. The molecule has 0 saturated carbocycles. The Labute approximate surface area is 213 Å². The second-order valence-corrected chi connectivity index (χ2v) is 9.87. The Kier molecular flexibility index (Phi) is 8.64. The highest BCUT2D eigenvalue weighted by molar-refractivity contribution is 5.84. The predicted octanol–water partition coefficient (Wildman–Crippen LogP) is 6.30. The molecule has 0 aliphatic carbocycles. The van der Waals surface area contributed by atoms with E-state index in [1.807, 2.05) is 0 Å². The van der Waals surface area contributed by atoms with Gasteiger partial charge >= 0.3 is 0 Å². The monoisotopic (exact) mass is 522 g/mol. The summed E-state index contributed by atoms with van der Waals surface area (Å²) in [5, 5.41) is 10.5. The van der Waals surface area contributed by atoms with E-state index in [2.05, 4.69) is 9.88 Å². The fourth-order valence-corrected chi connectivity index (χ4v) is 5.21. The van der Waals surface area contributed by atoms with Crippen molar-refractivity contribution in [2.75, 3.05) is 33.4 Å². The molecule has 1 saturated heterocycles. The maximum absolute atomic E-state index is 15.4. The number of ether oxygens (including phenoxy) is 1. The van der Waals surface area contributed by atoms with Crippen LogP contribution in [-0.4, -0.2) is 48.3 Å². The van der Waals surface area contributed by atoms with E-state index in [0.717, 1.165) is 12.3 Å². The van der Waals surface area contributed by atoms with Crippen molar-refractivity contribution in [3.05, 3.63) is 70.9 Å². The molecule has 3 aromatic rings. The highest BCUT2D eigenvalue weighted by Crippen LogP contribution is 2.40. The number of benzene rings is 2. The van der Waals surface area contributed by atoms with Crippen molar-refractivity contribution >= 4 is 10.9 Å². The Hall–Kier alpha value is -2.78. The smallest absolute Gasteiger partial charge is 0.162 e. The molecule has 2 aromatic carbocycles. The standard InChI is InChI=1S/C28H31F5N2O2/c1-37-20-4-5-25-21(15-20)26(24(32)16-34-25)22(30)6-7-28(17-36)8-11-35(12-9-28)10-2-3-18-13-19(29)14-23(31)27(18)33/h4-5,13-16,22,36H,2-3,6-12,17H2,1H3. The largest absolute Gasteiger partial charge is 0.497 e. The Morgan fingerprint density at radius 2 is 1.84 bits per heavy atom. The minimum Gasteiger partial charge on any atom is -0.497 e. The number of fused-ring (bicyclic) bond motifs is 1. The molecule has 1 atom stereocenters. The molecule has 0 radical (unpaired) electrons. The Morgan fingerprint density at radius 3 is 2.54 bits per heavy atom. The molecule has 4 rings (SSSR count). The lowest BCUT2D eigenvalue weighted by Crippen LogP contribution is -2.42. The predicted molar refractivity (Wildman–Crippen MR) is 131 cm³/mol. The number of piperidine rings is 1. The van der Waals surface area contributed by atoms with E-state index >= 15 is 4.39 Å². The average Bonchev–Trinajstić information content (AvgIpc) is 2.90. The van der Waals surface area contributed by atoms with Gasteiger partial charge in [-0.25, -0.2) is 22.0 Å². The van der Waals surface area contributed by atoms with Gasteiger partial charge in [-0.05, 0) is 93.4 Å². The van der Waals surface area contributed by atoms with E-state index in [1.165, 1.54) is 7.11 Å². The molecule has 1 N–H and O–H groups in total. The van der Waals surface area contributed by atoms with Gasteiger partial charge in [0.05, 0.1) is 18.8 Å². The number of hydrogen-bond acceptors (Lipinski definition) is 4. The number of hydrogen-bond donors (Lipinski definition) is 1. The van der Waals surface area contributed by atoms with Gasteiger partial charge in [0, 0.05) is 23.6 Å². The minimum atomic E-state index is -1.57. The van der Waals surface area contributed by atoms with Crippen molar-refractivity contribution in [2.24, 2.45) is 5.41 Å². The average molecular weight is 523 g/mol. The first-order valence-electron chi connectivity index (χ1n) is 12.5. The van der Waals surface area contributed by atoms with Crippen LogP contribution in [0.2, 0.25) is 0 Å².